The van der Waals surface area contributed by atoms with Crippen molar-refractivity contribution in [2.75, 3.05) is 18.4 Å². The number of amides is 1. The molecule has 0 bridgehead atoms. The molecule has 0 saturated carbocycles. The summed E-state index contributed by atoms with van der Waals surface area (Å²) in [6, 6.07) is 4.52. The number of likely N-dealkylation sites (tertiary alicyclic amines) is 1. The fourth-order valence-electron chi connectivity index (χ4n) is 2.99. The predicted octanol–water partition coefficient (Wildman–Crippen LogP) is 3.09. The molecule has 1 aromatic carbocycles. The van der Waals surface area contributed by atoms with Crippen LogP contribution in [0.1, 0.15) is 32.8 Å². The van der Waals surface area contributed by atoms with Crippen LogP contribution >= 0.6 is 0 Å². The fraction of sp³-hybridized carbons (Fsp3) is 0.588. The van der Waals surface area contributed by atoms with Gasteiger partial charge in [-0.1, -0.05) is 26.0 Å². The maximum absolute atomic E-state index is 13.0. The second-order valence-corrected chi connectivity index (χ2v) is 7.06. The van der Waals surface area contributed by atoms with Gasteiger partial charge in [0.25, 0.3) is 0 Å². The van der Waals surface area contributed by atoms with Gasteiger partial charge in [-0.15, -0.1) is 0 Å². The van der Waals surface area contributed by atoms with E-state index in [0.29, 0.717) is 13.1 Å². The van der Waals surface area contributed by atoms with Gasteiger partial charge in [0, 0.05) is 19.1 Å². The zero-order valence-electron chi connectivity index (χ0n) is 14.2. The number of carbonyl (C=O) groups excluding carboxylic acids is 1. The molecule has 1 amide bonds. The number of carbonyl (C=O) groups is 1. The first kappa shape index (κ1) is 18.7. The molecule has 1 aromatic rings. The molecule has 2 unspecified atom stereocenters. The summed E-state index contributed by atoms with van der Waals surface area (Å²) in [6.45, 7) is 7.06. The van der Waals surface area contributed by atoms with Crippen LogP contribution in [0, 0.1) is 5.41 Å². The maximum Gasteiger partial charge on any atom is 0.418 e. The quantitative estimate of drug-likeness (QED) is 0.887. The highest BCUT2D eigenvalue weighted by atomic mass is 19.4. The van der Waals surface area contributed by atoms with Crippen molar-refractivity contribution in [1.29, 1.82) is 0 Å². The van der Waals surface area contributed by atoms with E-state index in [-0.39, 0.29) is 17.1 Å². The molecule has 3 N–H and O–H groups in total. The molecular formula is C17H24F3N3O. The summed E-state index contributed by atoms with van der Waals surface area (Å²) in [5, 5.41) is 2.42. The molecule has 0 aromatic heterocycles. The van der Waals surface area contributed by atoms with Crippen molar-refractivity contribution < 1.29 is 18.0 Å². The van der Waals surface area contributed by atoms with Gasteiger partial charge in [0.15, 0.2) is 0 Å². The lowest BCUT2D eigenvalue weighted by molar-refractivity contribution is -0.137. The van der Waals surface area contributed by atoms with E-state index in [1.54, 1.807) is 6.92 Å². The Labute approximate surface area is 140 Å². The van der Waals surface area contributed by atoms with Gasteiger partial charge in [-0.05, 0) is 30.9 Å². The Morgan fingerprint density at radius 3 is 2.58 bits per heavy atom. The second kappa shape index (κ2) is 6.72. The molecule has 7 heteroatoms. The normalized spacial score (nSPS) is 22.9. The van der Waals surface area contributed by atoms with Crippen molar-refractivity contribution in [2.24, 2.45) is 11.1 Å². The summed E-state index contributed by atoms with van der Waals surface area (Å²) in [5.41, 5.74) is 4.89. The Hall–Kier alpha value is -1.60. The van der Waals surface area contributed by atoms with E-state index < -0.39 is 23.7 Å². The smallest absolute Gasteiger partial charge is 0.327 e. The van der Waals surface area contributed by atoms with Crippen LogP contribution in [0.3, 0.4) is 0 Å². The zero-order chi connectivity index (χ0) is 18.1. The van der Waals surface area contributed by atoms with Crippen LogP contribution in [0.15, 0.2) is 24.3 Å². The van der Waals surface area contributed by atoms with Crippen LogP contribution in [0.25, 0.3) is 0 Å². The highest BCUT2D eigenvalue weighted by molar-refractivity contribution is 5.95. The molecule has 134 valence electrons. The van der Waals surface area contributed by atoms with Crippen molar-refractivity contribution in [3.8, 4) is 0 Å². The number of alkyl halides is 3. The topological polar surface area (TPSA) is 58.4 Å². The first-order chi connectivity index (χ1) is 11.0. The van der Waals surface area contributed by atoms with E-state index in [9.17, 15) is 18.0 Å². The molecule has 1 fully saturated rings. The Bertz CT molecular complexity index is 601. The lowest BCUT2D eigenvalue weighted by Gasteiger charge is -2.44. The summed E-state index contributed by atoms with van der Waals surface area (Å²) in [7, 11) is 0. The third-order valence-corrected chi connectivity index (χ3v) is 4.76. The van der Waals surface area contributed by atoms with Crippen molar-refractivity contribution in [3.05, 3.63) is 29.8 Å². The van der Waals surface area contributed by atoms with Gasteiger partial charge in [-0.25, -0.2) is 0 Å². The number of piperidine rings is 1. The summed E-state index contributed by atoms with van der Waals surface area (Å²) in [4.78, 5) is 14.4. The number of anilines is 1. The Kier molecular flexibility index (Phi) is 5.25. The fourth-order valence-corrected chi connectivity index (χ4v) is 2.99. The largest absolute Gasteiger partial charge is 0.418 e. The van der Waals surface area contributed by atoms with E-state index in [4.69, 9.17) is 5.73 Å². The van der Waals surface area contributed by atoms with E-state index in [0.717, 1.165) is 12.5 Å². The van der Waals surface area contributed by atoms with E-state index in [1.807, 2.05) is 18.7 Å². The SMILES string of the molecule is CC(C(=O)Nc1ccccc1C(F)(F)F)N1CCC(N)C(C)(C)C1. The van der Waals surface area contributed by atoms with Crippen LogP contribution < -0.4 is 11.1 Å². The average Bonchev–Trinajstić information content (AvgIpc) is 2.48. The zero-order valence-corrected chi connectivity index (χ0v) is 14.2. The third kappa shape index (κ3) is 4.08. The minimum Gasteiger partial charge on any atom is -0.327 e. The molecule has 1 saturated heterocycles. The van der Waals surface area contributed by atoms with Crippen LogP contribution in [-0.2, 0) is 11.0 Å². The standard InChI is InChI=1S/C17H24F3N3O/c1-11(23-9-8-14(21)16(2,3)10-23)15(24)22-13-7-5-4-6-12(13)17(18,19)20/h4-7,11,14H,8-10,21H2,1-3H3,(H,22,24). The number of nitrogens with one attached hydrogen (secondary N) is 1. The Morgan fingerprint density at radius 2 is 2.00 bits per heavy atom. The van der Waals surface area contributed by atoms with E-state index in [1.165, 1.54) is 18.2 Å². The lowest BCUT2D eigenvalue weighted by atomic mass is 9.79. The van der Waals surface area contributed by atoms with Crippen molar-refractivity contribution in [3.63, 3.8) is 0 Å². The predicted molar refractivity (Wildman–Crippen MR) is 87.5 cm³/mol. The number of halogens is 3. The number of hydrogen-bond donors (Lipinski definition) is 2. The highest BCUT2D eigenvalue weighted by Gasteiger charge is 2.38. The van der Waals surface area contributed by atoms with E-state index >= 15 is 0 Å². The molecule has 1 heterocycles. The van der Waals surface area contributed by atoms with Crippen LogP contribution in [0.5, 0.6) is 0 Å². The van der Waals surface area contributed by atoms with Gasteiger partial charge in [0.05, 0.1) is 17.3 Å². The molecular weight excluding hydrogens is 319 g/mol. The summed E-state index contributed by atoms with van der Waals surface area (Å²) >= 11 is 0. The third-order valence-electron chi connectivity index (χ3n) is 4.76. The monoisotopic (exact) mass is 343 g/mol. The van der Waals surface area contributed by atoms with Crippen molar-refractivity contribution in [2.45, 2.75) is 45.5 Å². The molecule has 4 nitrogen and oxygen atoms in total. The molecule has 0 aliphatic carbocycles. The summed E-state index contributed by atoms with van der Waals surface area (Å²) < 4.78 is 39.1. The van der Waals surface area contributed by atoms with Gasteiger partial charge in [0.1, 0.15) is 0 Å². The highest BCUT2D eigenvalue weighted by Crippen LogP contribution is 2.35. The van der Waals surface area contributed by atoms with Gasteiger partial charge in [-0.2, -0.15) is 13.2 Å². The lowest BCUT2D eigenvalue weighted by Crippen LogP contribution is -2.56. The summed E-state index contributed by atoms with van der Waals surface area (Å²) in [6.07, 6.45) is -3.75. The first-order valence-corrected chi connectivity index (χ1v) is 7.99. The maximum atomic E-state index is 13.0. The molecule has 0 radical (unpaired) electrons. The first-order valence-electron chi connectivity index (χ1n) is 7.99. The summed E-state index contributed by atoms with van der Waals surface area (Å²) in [5.74, 6) is -0.446. The number of benzene rings is 1. The number of nitrogens with zero attached hydrogens (tertiary/aromatic N) is 1. The van der Waals surface area contributed by atoms with E-state index in [2.05, 4.69) is 5.32 Å². The molecule has 2 atom stereocenters. The van der Waals surface area contributed by atoms with Gasteiger partial charge in [-0.3, -0.25) is 9.69 Å². The van der Waals surface area contributed by atoms with Crippen LogP contribution in [-0.4, -0.2) is 36.0 Å². The van der Waals surface area contributed by atoms with Crippen molar-refractivity contribution >= 4 is 11.6 Å². The second-order valence-electron chi connectivity index (χ2n) is 7.06. The van der Waals surface area contributed by atoms with Gasteiger partial charge < -0.3 is 11.1 Å². The van der Waals surface area contributed by atoms with Crippen LogP contribution in [0.2, 0.25) is 0 Å². The van der Waals surface area contributed by atoms with Gasteiger partial charge >= 0.3 is 6.18 Å². The number of nitrogens with two attached hydrogens (primary N) is 1. The minimum atomic E-state index is -4.51. The molecule has 24 heavy (non-hydrogen) atoms. The molecule has 1 aliphatic rings. The Morgan fingerprint density at radius 1 is 1.38 bits per heavy atom. The minimum absolute atomic E-state index is 0.0509. The Balaban J connectivity index is 2.11. The average molecular weight is 343 g/mol. The molecule has 1 aliphatic heterocycles. The number of hydrogen-bond acceptors (Lipinski definition) is 3. The van der Waals surface area contributed by atoms with Gasteiger partial charge in [0.2, 0.25) is 5.91 Å². The van der Waals surface area contributed by atoms with Crippen LogP contribution in [0.4, 0.5) is 18.9 Å². The van der Waals surface area contributed by atoms with Crippen molar-refractivity contribution in [1.82, 2.24) is 4.90 Å². The number of para-hydroxylation sites is 1. The molecule has 0 spiro atoms. The number of rotatable bonds is 3. The molecule has 2 rings (SSSR count).